The Morgan fingerprint density at radius 1 is 1.43 bits per heavy atom. The van der Waals surface area contributed by atoms with Crippen LogP contribution in [0, 0.1) is 12.8 Å². The van der Waals surface area contributed by atoms with Crippen LogP contribution < -0.4 is 4.74 Å². The van der Waals surface area contributed by atoms with Gasteiger partial charge in [-0.15, -0.1) is 6.58 Å². The number of hydrogen-bond acceptors (Lipinski definition) is 2. The minimum Gasteiger partial charge on any atom is -0.493 e. The molecule has 0 N–H and O–H groups in total. The first-order valence-electron chi connectivity index (χ1n) is 8.24. The smallest absolute Gasteiger partial charge is 0.122 e. The van der Waals surface area contributed by atoms with E-state index in [0.29, 0.717) is 0 Å². The van der Waals surface area contributed by atoms with Crippen molar-refractivity contribution in [2.75, 3.05) is 26.2 Å². The second-order valence-corrected chi connectivity index (χ2v) is 6.35. The molecule has 0 saturated carbocycles. The van der Waals surface area contributed by atoms with Gasteiger partial charge in [0.1, 0.15) is 5.75 Å². The first kappa shape index (κ1) is 16.1. The molecule has 1 heterocycles. The molecule has 0 spiro atoms. The molecule has 0 aromatic heterocycles. The Morgan fingerprint density at radius 2 is 2.29 bits per heavy atom. The summed E-state index contributed by atoms with van der Waals surface area (Å²) >= 11 is 0. The topological polar surface area (TPSA) is 12.5 Å². The van der Waals surface area contributed by atoms with Crippen LogP contribution in [0.15, 0.2) is 30.9 Å². The monoisotopic (exact) mass is 287 g/mol. The largest absolute Gasteiger partial charge is 0.493 e. The van der Waals surface area contributed by atoms with Gasteiger partial charge in [0.2, 0.25) is 0 Å². The molecule has 1 aromatic rings. The SMILES string of the molecule is C=CCc1cc(C)ccc1OCCCN1CCC[C@@H](C)C1. The zero-order valence-corrected chi connectivity index (χ0v) is 13.6. The normalized spacial score (nSPS) is 19.4. The van der Waals surface area contributed by atoms with Crippen molar-refractivity contribution in [3.8, 4) is 5.75 Å². The van der Waals surface area contributed by atoms with Crippen molar-refractivity contribution in [3.63, 3.8) is 0 Å². The molecule has 0 amide bonds. The van der Waals surface area contributed by atoms with E-state index in [-0.39, 0.29) is 0 Å². The highest BCUT2D eigenvalue weighted by atomic mass is 16.5. The Labute approximate surface area is 129 Å². The molecule has 2 rings (SSSR count). The van der Waals surface area contributed by atoms with E-state index in [0.717, 1.165) is 37.7 Å². The Hall–Kier alpha value is -1.28. The number of rotatable bonds is 7. The lowest BCUT2D eigenvalue weighted by molar-refractivity contribution is 0.170. The van der Waals surface area contributed by atoms with Gasteiger partial charge >= 0.3 is 0 Å². The van der Waals surface area contributed by atoms with Crippen LogP contribution in [0.25, 0.3) is 0 Å². The fraction of sp³-hybridized carbons (Fsp3) is 0.579. The van der Waals surface area contributed by atoms with Gasteiger partial charge in [-0.3, -0.25) is 0 Å². The number of nitrogens with zero attached hydrogens (tertiary/aromatic N) is 1. The van der Waals surface area contributed by atoms with Gasteiger partial charge in [-0.25, -0.2) is 0 Å². The van der Waals surface area contributed by atoms with Crippen LogP contribution in [-0.4, -0.2) is 31.1 Å². The number of aryl methyl sites for hydroxylation is 1. The number of benzene rings is 1. The number of piperidine rings is 1. The van der Waals surface area contributed by atoms with Crippen LogP contribution in [0.1, 0.15) is 37.3 Å². The highest BCUT2D eigenvalue weighted by molar-refractivity contribution is 5.38. The lowest BCUT2D eigenvalue weighted by Gasteiger charge is -2.30. The van der Waals surface area contributed by atoms with Crippen LogP contribution >= 0.6 is 0 Å². The fourth-order valence-corrected chi connectivity index (χ4v) is 3.12. The highest BCUT2D eigenvalue weighted by Crippen LogP contribution is 2.21. The van der Waals surface area contributed by atoms with Crippen molar-refractivity contribution in [3.05, 3.63) is 42.0 Å². The average molecular weight is 287 g/mol. The first-order valence-corrected chi connectivity index (χ1v) is 8.24. The molecule has 1 atom stereocenters. The first-order chi connectivity index (χ1) is 10.2. The molecule has 2 nitrogen and oxygen atoms in total. The minimum absolute atomic E-state index is 0.804. The Kier molecular flexibility index (Phi) is 6.31. The van der Waals surface area contributed by atoms with Gasteiger partial charge in [-0.05, 0) is 56.7 Å². The molecule has 0 radical (unpaired) electrons. The molecular formula is C19H29NO. The van der Waals surface area contributed by atoms with Gasteiger partial charge in [-0.1, -0.05) is 30.7 Å². The van der Waals surface area contributed by atoms with Crippen LogP contribution in [0.5, 0.6) is 5.75 Å². The molecule has 21 heavy (non-hydrogen) atoms. The van der Waals surface area contributed by atoms with Crippen molar-refractivity contribution in [1.82, 2.24) is 4.90 Å². The van der Waals surface area contributed by atoms with E-state index >= 15 is 0 Å². The van der Waals surface area contributed by atoms with E-state index in [2.05, 4.69) is 43.5 Å². The maximum absolute atomic E-state index is 5.99. The molecule has 0 bridgehead atoms. The second-order valence-electron chi connectivity index (χ2n) is 6.35. The molecular weight excluding hydrogens is 258 g/mol. The Morgan fingerprint density at radius 3 is 3.05 bits per heavy atom. The van der Waals surface area contributed by atoms with Crippen molar-refractivity contribution in [2.24, 2.45) is 5.92 Å². The Bertz CT molecular complexity index is 455. The van der Waals surface area contributed by atoms with E-state index in [1.807, 2.05) is 6.08 Å². The van der Waals surface area contributed by atoms with E-state index in [4.69, 9.17) is 4.74 Å². The van der Waals surface area contributed by atoms with Crippen LogP contribution in [-0.2, 0) is 6.42 Å². The minimum atomic E-state index is 0.804. The lowest BCUT2D eigenvalue weighted by Crippen LogP contribution is -2.35. The predicted octanol–water partition coefficient (Wildman–Crippen LogP) is 4.22. The van der Waals surface area contributed by atoms with Gasteiger partial charge in [0, 0.05) is 13.1 Å². The fourth-order valence-electron chi connectivity index (χ4n) is 3.12. The van der Waals surface area contributed by atoms with E-state index < -0.39 is 0 Å². The third-order valence-corrected chi connectivity index (χ3v) is 4.20. The molecule has 1 aliphatic rings. The zero-order valence-electron chi connectivity index (χ0n) is 13.6. The number of allylic oxidation sites excluding steroid dienone is 1. The summed E-state index contributed by atoms with van der Waals surface area (Å²) in [6.45, 7) is 12.8. The van der Waals surface area contributed by atoms with Crippen molar-refractivity contribution < 1.29 is 4.74 Å². The number of hydrogen-bond donors (Lipinski definition) is 0. The predicted molar refractivity (Wildman–Crippen MR) is 90.0 cm³/mol. The van der Waals surface area contributed by atoms with Gasteiger partial charge in [0.25, 0.3) is 0 Å². The molecule has 0 unspecified atom stereocenters. The van der Waals surface area contributed by atoms with E-state index in [1.54, 1.807) is 0 Å². The summed E-state index contributed by atoms with van der Waals surface area (Å²) in [5.41, 5.74) is 2.53. The van der Waals surface area contributed by atoms with Crippen molar-refractivity contribution >= 4 is 0 Å². The van der Waals surface area contributed by atoms with Gasteiger partial charge in [-0.2, -0.15) is 0 Å². The van der Waals surface area contributed by atoms with Crippen LogP contribution in [0.3, 0.4) is 0 Å². The lowest BCUT2D eigenvalue weighted by atomic mass is 10.0. The van der Waals surface area contributed by atoms with Crippen molar-refractivity contribution in [1.29, 1.82) is 0 Å². The highest BCUT2D eigenvalue weighted by Gasteiger charge is 2.15. The summed E-state index contributed by atoms with van der Waals surface area (Å²) in [6.07, 6.45) is 6.66. The van der Waals surface area contributed by atoms with Gasteiger partial charge in [0.15, 0.2) is 0 Å². The maximum atomic E-state index is 5.99. The summed E-state index contributed by atoms with van der Waals surface area (Å²) in [6, 6.07) is 6.41. The summed E-state index contributed by atoms with van der Waals surface area (Å²) in [7, 11) is 0. The third kappa shape index (κ3) is 5.20. The molecule has 1 saturated heterocycles. The van der Waals surface area contributed by atoms with Crippen LogP contribution in [0.4, 0.5) is 0 Å². The van der Waals surface area contributed by atoms with Gasteiger partial charge < -0.3 is 9.64 Å². The summed E-state index contributed by atoms with van der Waals surface area (Å²) < 4.78 is 5.99. The average Bonchev–Trinajstić information content (AvgIpc) is 2.46. The van der Waals surface area contributed by atoms with Crippen LogP contribution in [0.2, 0.25) is 0 Å². The van der Waals surface area contributed by atoms with Gasteiger partial charge in [0.05, 0.1) is 6.61 Å². The van der Waals surface area contributed by atoms with E-state index in [1.165, 1.54) is 37.1 Å². The number of likely N-dealkylation sites (tertiary alicyclic amines) is 1. The second kappa shape index (κ2) is 8.23. The molecule has 2 heteroatoms. The molecule has 1 aromatic carbocycles. The molecule has 116 valence electrons. The van der Waals surface area contributed by atoms with Crippen molar-refractivity contribution in [2.45, 2.75) is 39.5 Å². The Balaban J connectivity index is 1.76. The zero-order chi connectivity index (χ0) is 15.1. The van der Waals surface area contributed by atoms with E-state index in [9.17, 15) is 0 Å². The molecule has 1 aliphatic heterocycles. The quantitative estimate of drug-likeness (QED) is 0.550. The third-order valence-electron chi connectivity index (χ3n) is 4.20. The molecule has 0 aliphatic carbocycles. The summed E-state index contributed by atoms with van der Waals surface area (Å²) in [5.74, 6) is 1.88. The molecule has 1 fully saturated rings. The standard InChI is InChI=1S/C19H29NO/c1-4-7-18-14-16(2)9-10-19(18)21-13-6-12-20-11-5-8-17(3)15-20/h4,9-10,14,17H,1,5-8,11-13,15H2,2-3H3/t17-/m1/s1. The summed E-state index contributed by atoms with van der Waals surface area (Å²) in [4.78, 5) is 2.58. The maximum Gasteiger partial charge on any atom is 0.122 e. The number of ether oxygens (including phenoxy) is 1. The summed E-state index contributed by atoms with van der Waals surface area (Å²) in [5, 5.41) is 0.